The highest BCUT2D eigenvalue weighted by Crippen LogP contribution is 2.44. The summed E-state index contributed by atoms with van der Waals surface area (Å²) in [6.45, 7) is 8.29. The average molecular weight is 395 g/mol. The van der Waals surface area contributed by atoms with Crippen molar-refractivity contribution in [1.82, 2.24) is 0 Å². The first-order valence-electron chi connectivity index (χ1n) is 9.65. The number of ether oxygens (including phenoxy) is 2. The molecule has 6 nitrogen and oxygen atoms in total. The smallest absolute Gasteiger partial charge is 0.303 e. The van der Waals surface area contributed by atoms with E-state index in [0.29, 0.717) is 25.7 Å². The van der Waals surface area contributed by atoms with E-state index in [9.17, 15) is 9.59 Å². The van der Waals surface area contributed by atoms with Crippen LogP contribution in [0.15, 0.2) is 12.1 Å². The molecule has 0 bridgehead atoms. The first-order chi connectivity index (χ1) is 12.9. The van der Waals surface area contributed by atoms with Gasteiger partial charge in [0.1, 0.15) is 11.5 Å². The second-order valence-electron chi connectivity index (χ2n) is 8.52. The number of hydrogen-bond donors (Lipinski definition) is 2. The normalized spacial score (nSPS) is 11.9. The number of rotatable bonds is 12. The molecule has 0 spiro atoms. The van der Waals surface area contributed by atoms with Gasteiger partial charge in [0.25, 0.3) is 0 Å². The van der Waals surface area contributed by atoms with Gasteiger partial charge in [-0.25, -0.2) is 0 Å². The lowest BCUT2D eigenvalue weighted by Crippen LogP contribution is -2.22. The van der Waals surface area contributed by atoms with E-state index in [4.69, 9.17) is 19.7 Å². The highest BCUT2D eigenvalue weighted by atomic mass is 16.5. The largest absolute Gasteiger partial charge is 0.496 e. The van der Waals surface area contributed by atoms with E-state index in [2.05, 4.69) is 27.7 Å². The zero-order chi connectivity index (χ0) is 21.5. The fourth-order valence-electron chi connectivity index (χ4n) is 3.59. The minimum absolute atomic E-state index is 0.136. The van der Waals surface area contributed by atoms with Gasteiger partial charge in [-0.05, 0) is 48.6 Å². The standard InChI is InChI=1S/C22H34O6/c1-21(2,11-7-9-19(23)24)15-13-18(28-6)16(14-17(15)27-5)22(3,4)12-8-10-20(25)26/h13-14H,7-12H2,1-6H3,(H,23,24)(H,25,26). The highest BCUT2D eigenvalue weighted by Gasteiger charge is 2.31. The van der Waals surface area contributed by atoms with Crippen LogP contribution in [0.1, 0.15) is 77.3 Å². The molecule has 2 N–H and O–H groups in total. The van der Waals surface area contributed by atoms with E-state index < -0.39 is 11.9 Å². The van der Waals surface area contributed by atoms with E-state index in [1.807, 2.05) is 12.1 Å². The SMILES string of the molecule is COc1cc(C(C)(C)CCCC(=O)O)c(OC)cc1C(C)(C)CCCC(=O)O. The number of methoxy groups -OCH3 is 2. The van der Waals surface area contributed by atoms with Crippen molar-refractivity contribution in [3.8, 4) is 11.5 Å². The van der Waals surface area contributed by atoms with Crippen LogP contribution in [0.5, 0.6) is 11.5 Å². The van der Waals surface area contributed by atoms with Crippen molar-refractivity contribution < 1.29 is 29.3 Å². The van der Waals surface area contributed by atoms with E-state index in [0.717, 1.165) is 22.6 Å². The van der Waals surface area contributed by atoms with Crippen molar-refractivity contribution in [2.24, 2.45) is 0 Å². The molecule has 28 heavy (non-hydrogen) atoms. The van der Waals surface area contributed by atoms with Crippen molar-refractivity contribution in [3.63, 3.8) is 0 Å². The van der Waals surface area contributed by atoms with Crippen molar-refractivity contribution in [2.45, 2.75) is 77.0 Å². The van der Waals surface area contributed by atoms with Gasteiger partial charge in [0.15, 0.2) is 0 Å². The molecule has 1 aromatic carbocycles. The van der Waals surface area contributed by atoms with Gasteiger partial charge in [-0.2, -0.15) is 0 Å². The van der Waals surface area contributed by atoms with Crippen molar-refractivity contribution in [1.29, 1.82) is 0 Å². The summed E-state index contributed by atoms with van der Waals surface area (Å²) in [4.78, 5) is 21.7. The molecule has 0 amide bonds. The summed E-state index contributed by atoms with van der Waals surface area (Å²) in [5.41, 5.74) is 1.39. The Morgan fingerprint density at radius 1 is 0.786 bits per heavy atom. The fourth-order valence-corrected chi connectivity index (χ4v) is 3.59. The number of benzene rings is 1. The predicted molar refractivity (Wildman–Crippen MR) is 109 cm³/mol. The van der Waals surface area contributed by atoms with E-state index in [1.54, 1.807) is 14.2 Å². The Bertz CT molecular complexity index is 631. The molecule has 0 unspecified atom stereocenters. The van der Waals surface area contributed by atoms with E-state index >= 15 is 0 Å². The summed E-state index contributed by atoms with van der Waals surface area (Å²) in [5, 5.41) is 17.8. The summed E-state index contributed by atoms with van der Waals surface area (Å²) >= 11 is 0. The third-order valence-corrected chi connectivity index (χ3v) is 5.36. The molecule has 0 aliphatic rings. The minimum atomic E-state index is -0.793. The molecule has 0 atom stereocenters. The van der Waals surface area contributed by atoms with Gasteiger partial charge >= 0.3 is 11.9 Å². The average Bonchev–Trinajstić information content (AvgIpc) is 2.59. The minimum Gasteiger partial charge on any atom is -0.496 e. The Labute approximate surface area is 167 Å². The summed E-state index contributed by atoms with van der Waals surface area (Å²) in [7, 11) is 3.25. The number of hydrogen-bond acceptors (Lipinski definition) is 4. The van der Waals surface area contributed by atoms with Crippen LogP contribution in [0, 0.1) is 0 Å². The molecule has 0 aromatic heterocycles. The maximum absolute atomic E-state index is 10.8. The lowest BCUT2D eigenvalue weighted by Gasteiger charge is -2.32. The molecule has 1 rings (SSSR count). The second kappa shape index (κ2) is 9.80. The zero-order valence-corrected chi connectivity index (χ0v) is 17.9. The van der Waals surface area contributed by atoms with Gasteiger partial charge in [-0.15, -0.1) is 0 Å². The van der Waals surface area contributed by atoms with E-state index in [1.165, 1.54) is 0 Å². The molecule has 1 aromatic rings. The Morgan fingerprint density at radius 3 is 1.36 bits per heavy atom. The quantitative estimate of drug-likeness (QED) is 0.530. The Hall–Kier alpha value is -2.24. The second-order valence-corrected chi connectivity index (χ2v) is 8.52. The molecule has 6 heteroatoms. The maximum Gasteiger partial charge on any atom is 0.303 e. The zero-order valence-electron chi connectivity index (χ0n) is 17.9. The van der Waals surface area contributed by atoms with Gasteiger partial charge in [0, 0.05) is 24.0 Å². The maximum atomic E-state index is 10.8. The summed E-state index contributed by atoms with van der Waals surface area (Å²) in [6.07, 6.45) is 2.85. The topological polar surface area (TPSA) is 93.1 Å². The molecule has 0 radical (unpaired) electrons. The van der Waals surface area contributed by atoms with E-state index in [-0.39, 0.29) is 23.7 Å². The van der Waals surface area contributed by atoms with Crippen LogP contribution in [0.4, 0.5) is 0 Å². The fraction of sp³-hybridized carbons (Fsp3) is 0.636. The third-order valence-electron chi connectivity index (χ3n) is 5.36. The van der Waals surface area contributed by atoms with Gasteiger partial charge in [0.2, 0.25) is 0 Å². The molecule has 0 heterocycles. The number of carboxylic acids is 2. The van der Waals surface area contributed by atoms with Crippen LogP contribution in [-0.2, 0) is 20.4 Å². The monoisotopic (exact) mass is 394 g/mol. The lowest BCUT2D eigenvalue weighted by atomic mass is 9.75. The Balaban J connectivity index is 3.23. The van der Waals surface area contributed by atoms with Crippen LogP contribution < -0.4 is 9.47 Å². The first-order valence-corrected chi connectivity index (χ1v) is 9.65. The molecule has 0 fully saturated rings. The van der Waals surface area contributed by atoms with Crippen LogP contribution in [0.3, 0.4) is 0 Å². The Morgan fingerprint density at radius 2 is 1.11 bits per heavy atom. The first kappa shape index (κ1) is 23.8. The van der Waals surface area contributed by atoms with Crippen LogP contribution in [-0.4, -0.2) is 36.4 Å². The number of carbonyl (C=O) groups is 2. The van der Waals surface area contributed by atoms with Crippen molar-refractivity contribution in [2.75, 3.05) is 14.2 Å². The molecular formula is C22H34O6. The number of carboxylic acid groups (broad SMARTS) is 2. The molecular weight excluding hydrogens is 360 g/mol. The van der Waals surface area contributed by atoms with Gasteiger partial charge in [-0.1, -0.05) is 27.7 Å². The van der Waals surface area contributed by atoms with Crippen molar-refractivity contribution >= 4 is 11.9 Å². The number of aliphatic carboxylic acids is 2. The summed E-state index contributed by atoms with van der Waals surface area (Å²) < 4.78 is 11.3. The summed E-state index contributed by atoms with van der Waals surface area (Å²) in [5.74, 6) is -0.109. The van der Waals surface area contributed by atoms with Gasteiger partial charge < -0.3 is 19.7 Å². The molecule has 0 saturated heterocycles. The molecule has 0 aliphatic heterocycles. The lowest BCUT2D eigenvalue weighted by molar-refractivity contribution is -0.138. The van der Waals surface area contributed by atoms with Crippen molar-refractivity contribution in [3.05, 3.63) is 23.3 Å². The van der Waals surface area contributed by atoms with Crippen LogP contribution in [0.2, 0.25) is 0 Å². The third kappa shape index (κ3) is 6.43. The molecule has 0 saturated carbocycles. The predicted octanol–water partition coefficient (Wildman–Crippen LogP) is 4.77. The summed E-state index contributed by atoms with van der Waals surface area (Å²) in [6, 6.07) is 3.96. The molecule has 158 valence electrons. The Kier molecular flexibility index (Phi) is 8.33. The van der Waals surface area contributed by atoms with Gasteiger partial charge in [-0.3, -0.25) is 9.59 Å². The van der Waals surface area contributed by atoms with Gasteiger partial charge in [0.05, 0.1) is 14.2 Å². The van der Waals surface area contributed by atoms with Crippen LogP contribution >= 0.6 is 0 Å². The van der Waals surface area contributed by atoms with Crippen LogP contribution in [0.25, 0.3) is 0 Å². The highest BCUT2D eigenvalue weighted by molar-refractivity contribution is 5.67. The molecule has 0 aliphatic carbocycles.